The number of rotatable bonds is 26. The predicted molar refractivity (Wildman–Crippen MR) is 452 cm³/mol. The zero-order valence-electron chi connectivity index (χ0n) is 68.0. The molecule has 22 heteroatoms. The van der Waals surface area contributed by atoms with Crippen LogP contribution in [0.15, 0.2) is 216 Å². The summed E-state index contributed by atoms with van der Waals surface area (Å²) in [4.78, 5) is 47.7. The summed E-state index contributed by atoms with van der Waals surface area (Å²) < 4.78 is 66.2. The van der Waals surface area contributed by atoms with Crippen molar-refractivity contribution in [3.05, 3.63) is 251 Å². The Morgan fingerprint density at radius 2 is 0.570 bits per heavy atom. The van der Waals surface area contributed by atoms with Crippen molar-refractivity contribution in [1.82, 2.24) is 39.1 Å². The number of carbonyl (C=O) groups is 4. The number of sulfone groups is 2. The number of benzene rings is 8. The van der Waals surface area contributed by atoms with Crippen LogP contribution >= 0.6 is 0 Å². The molecule has 0 atom stereocenters. The van der Waals surface area contributed by atoms with Gasteiger partial charge in [-0.25, -0.2) is 36.0 Å². The number of aromatic carboxylic acids is 2. The first kappa shape index (κ1) is 86.4. The van der Waals surface area contributed by atoms with Crippen LogP contribution in [0.25, 0.3) is 89.5 Å². The highest BCUT2D eigenvalue weighted by Crippen LogP contribution is 2.34. The minimum absolute atomic E-state index is 0.0164. The number of carboxylic acids is 2. The number of aromatic nitrogens is 8. The Balaban J connectivity index is 0.000000175. The van der Waals surface area contributed by atoms with E-state index >= 15 is 0 Å². The Kier molecular flexibility index (Phi) is 29.4. The van der Waals surface area contributed by atoms with E-state index in [0.29, 0.717) is 90.5 Å². The molecule has 0 spiro atoms. The van der Waals surface area contributed by atoms with Gasteiger partial charge in [0.15, 0.2) is 42.5 Å². The summed E-state index contributed by atoms with van der Waals surface area (Å²) in [5, 5.41) is 35.9. The number of carbonyl (C=O) groups excluding carboxylic acids is 2. The number of hydrogen-bond acceptors (Lipinski definition) is 14. The Hall–Kier alpha value is -11.6. The largest absolute Gasteiger partial charge is 0.476 e. The fourth-order valence-corrected chi connectivity index (χ4v) is 15.1. The smallest absolute Gasteiger partial charge is 0.358 e. The van der Waals surface area contributed by atoms with Gasteiger partial charge in [-0.3, -0.25) is 18.7 Å². The van der Waals surface area contributed by atoms with E-state index in [2.05, 4.69) is 161 Å². The molecule has 12 aromatic rings. The van der Waals surface area contributed by atoms with Crippen LogP contribution in [0.5, 0.6) is 0 Å². The van der Waals surface area contributed by atoms with E-state index in [1.165, 1.54) is 40.3 Å². The zero-order chi connectivity index (χ0) is 82.9. The molecule has 0 amide bonds. The summed E-state index contributed by atoms with van der Waals surface area (Å²) in [6, 6.07) is 66.8. The van der Waals surface area contributed by atoms with Crippen LogP contribution in [0, 0.1) is 37.5 Å². The molecular weight excluding hydrogens is 1470 g/mol. The topological polar surface area (TPSA) is 267 Å². The summed E-state index contributed by atoms with van der Waals surface area (Å²) in [6.07, 6.45) is 3.77. The van der Waals surface area contributed by atoms with Gasteiger partial charge in [0.1, 0.15) is 0 Å². The molecule has 0 radical (unpaired) electrons. The molecule has 12 rings (SSSR count). The average Bonchev–Trinajstić information content (AvgIpc) is 1.65. The van der Waals surface area contributed by atoms with Crippen LogP contribution in [0.2, 0.25) is 0 Å². The van der Waals surface area contributed by atoms with Crippen LogP contribution in [-0.4, -0.2) is 116 Å². The van der Waals surface area contributed by atoms with Crippen molar-refractivity contribution in [1.29, 1.82) is 0 Å². The van der Waals surface area contributed by atoms with Crippen LogP contribution in [0.3, 0.4) is 0 Å². The molecule has 8 aromatic carbocycles. The summed E-state index contributed by atoms with van der Waals surface area (Å²) >= 11 is 0. The molecule has 0 unspecified atom stereocenters. The molecular formula is C92H104N8O12S2. The maximum absolute atomic E-state index is 12.2. The van der Waals surface area contributed by atoms with E-state index in [9.17, 15) is 46.2 Å². The standard InChI is InChI=1S/C25H30N2O4S.C23H26N2O4S.C23H26N2O2.C21H22N2O2/c1-6-18-8-13-21(14-24(18)32(5,29)30)19-9-11-20(12-10-19)23-15-22(25(28)31-7-2)26-27(23)16-17(3)4;1-5-16-6-11-19(12-22(16)30(4,28)29)17-7-9-18(10-8-17)21-13-20(23(26)27)24-25(21)14-15(2)3;1-5-27-23(26)21-14-22(25(24-21)15-16(2)3)19-11-9-18(10-12-19)20-8-6-7-17(4)13-20;1-14(2)13-23-20(12-19(22-23)21(24)25)17-9-7-16(8-10-17)18-6-4-5-15(3)11-18/h8-15,17H,6-7,16H2,1-5H3;6-13,15H,5,14H2,1-4H3,(H,26,27);6-14,16H,5,15H2,1-4H3;4-12,14H,13H2,1-3H3,(H,24,25). The van der Waals surface area contributed by atoms with Gasteiger partial charge in [0, 0.05) is 38.7 Å². The monoisotopic (exact) mass is 1580 g/mol. The first-order valence-electron chi connectivity index (χ1n) is 38.5. The van der Waals surface area contributed by atoms with Gasteiger partial charge in [0.05, 0.1) is 45.8 Å². The molecule has 0 aliphatic heterocycles. The molecule has 0 fully saturated rings. The highest BCUT2D eigenvalue weighted by Gasteiger charge is 2.23. The van der Waals surface area contributed by atoms with Crippen LogP contribution < -0.4 is 0 Å². The van der Waals surface area contributed by atoms with Crippen molar-refractivity contribution in [2.45, 2.75) is 146 Å². The van der Waals surface area contributed by atoms with E-state index in [0.717, 1.165) is 90.5 Å². The van der Waals surface area contributed by atoms with Gasteiger partial charge in [0.2, 0.25) is 0 Å². The third-order valence-corrected chi connectivity index (χ3v) is 20.8. The summed E-state index contributed by atoms with van der Waals surface area (Å²) in [5.41, 5.74) is 20.1. The number of ether oxygens (including phenoxy) is 2. The lowest BCUT2D eigenvalue weighted by atomic mass is 10.0. The second-order valence-electron chi connectivity index (χ2n) is 30.0. The van der Waals surface area contributed by atoms with E-state index in [4.69, 9.17) is 9.47 Å². The summed E-state index contributed by atoms with van der Waals surface area (Å²) in [6.45, 7) is 31.7. The first-order valence-corrected chi connectivity index (χ1v) is 42.3. The number of aryl methyl sites for hydroxylation is 4. The molecule has 0 bridgehead atoms. The molecule has 20 nitrogen and oxygen atoms in total. The first-order chi connectivity index (χ1) is 54.1. The van der Waals surface area contributed by atoms with Crippen molar-refractivity contribution < 1.29 is 55.7 Å². The fraction of sp³-hybridized carbons (Fsp3) is 0.304. The Morgan fingerprint density at radius 3 is 0.798 bits per heavy atom. The molecule has 4 aromatic heterocycles. The Labute approximate surface area is 670 Å². The molecule has 0 aliphatic carbocycles. The molecule has 114 heavy (non-hydrogen) atoms. The minimum Gasteiger partial charge on any atom is -0.476 e. The normalized spacial score (nSPS) is 11.4. The van der Waals surface area contributed by atoms with Gasteiger partial charge in [-0.05, 0) is 178 Å². The SMILES string of the molecule is CCOC(=O)c1cc(-c2ccc(-c3ccc(CC)c(S(C)(=O)=O)c3)cc2)n(CC(C)C)n1.CCOC(=O)c1cc(-c2ccc(-c3cccc(C)c3)cc2)n(CC(C)C)n1.CCc1ccc(-c2ccc(-c3cc(C(=O)O)nn3CC(C)C)cc2)cc1S(C)(=O)=O.Cc1cccc(-c2ccc(-c3cc(C(=O)O)nn3CC(C)C)cc2)c1. The predicted octanol–water partition coefficient (Wildman–Crippen LogP) is 19.8. The zero-order valence-corrected chi connectivity index (χ0v) is 69.6. The molecule has 0 aliphatic rings. The second kappa shape index (κ2) is 38.7. The maximum atomic E-state index is 12.2. The van der Waals surface area contributed by atoms with Gasteiger partial charge >= 0.3 is 23.9 Å². The minimum atomic E-state index is -3.32. The number of nitrogens with zero attached hydrogens (tertiary/aromatic N) is 8. The molecule has 596 valence electrons. The molecule has 2 N–H and O–H groups in total. The van der Waals surface area contributed by atoms with Gasteiger partial charge in [-0.15, -0.1) is 0 Å². The van der Waals surface area contributed by atoms with Crippen molar-refractivity contribution in [3.8, 4) is 89.5 Å². The third-order valence-electron chi connectivity index (χ3n) is 18.5. The third kappa shape index (κ3) is 22.8. The highest BCUT2D eigenvalue weighted by atomic mass is 32.2. The van der Waals surface area contributed by atoms with Crippen molar-refractivity contribution in [3.63, 3.8) is 0 Å². The van der Waals surface area contributed by atoms with Crippen molar-refractivity contribution in [2.24, 2.45) is 23.7 Å². The van der Waals surface area contributed by atoms with Crippen LogP contribution in [0.1, 0.15) is 147 Å². The maximum Gasteiger partial charge on any atom is 0.358 e. The Morgan fingerprint density at radius 1 is 0.333 bits per heavy atom. The van der Waals surface area contributed by atoms with Gasteiger partial charge in [0.25, 0.3) is 0 Å². The van der Waals surface area contributed by atoms with E-state index in [1.54, 1.807) is 53.5 Å². The quantitative estimate of drug-likeness (QED) is 0.0477. The van der Waals surface area contributed by atoms with E-state index in [1.807, 2.05) is 128 Å². The lowest BCUT2D eigenvalue weighted by Crippen LogP contribution is -2.10. The highest BCUT2D eigenvalue weighted by molar-refractivity contribution is 7.91. The number of esters is 2. The van der Waals surface area contributed by atoms with E-state index in [-0.39, 0.29) is 17.4 Å². The lowest BCUT2D eigenvalue weighted by molar-refractivity contribution is 0.0509. The van der Waals surface area contributed by atoms with Crippen molar-refractivity contribution >= 4 is 43.6 Å². The molecule has 0 saturated heterocycles. The number of carboxylic acid groups (broad SMARTS) is 2. The van der Waals surface area contributed by atoms with Crippen LogP contribution in [0.4, 0.5) is 0 Å². The summed E-state index contributed by atoms with van der Waals surface area (Å²) in [5.74, 6) is -1.39. The van der Waals surface area contributed by atoms with Crippen LogP contribution in [-0.2, 0) is 68.2 Å². The van der Waals surface area contributed by atoms with Gasteiger partial charge in [-0.1, -0.05) is 250 Å². The second-order valence-corrected chi connectivity index (χ2v) is 33.9. The molecule has 4 heterocycles. The van der Waals surface area contributed by atoms with Gasteiger partial charge in [-0.2, -0.15) is 20.4 Å². The Bertz CT molecular complexity index is 5580. The van der Waals surface area contributed by atoms with Crippen molar-refractivity contribution in [2.75, 3.05) is 25.7 Å². The van der Waals surface area contributed by atoms with E-state index < -0.39 is 37.6 Å². The van der Waals surface area contributed by atoms with Gasteiger partial charge < -0.3 is 19.7 Å². The summed E-state index contributed by atoms with van der Waals surface area (Å²) in [7, 11) is -6.63. The number of hydrogen-bond donors (Lipinski definition) is 2. The lowest BCUT2D eigenvalue weighted by Gasteiger charge is -2.12. The molecule has 0 saturated carbocycles. The average molecular weight is 1580 g/mol. The fourth-order valence-electron chi connectivity index (χ4n) is 13.1.